The predicted octanol–water partition coefficient (Wildman–Crippen LogP) is 4.80. The Bertz CT molecular complexity index is 1400. The number of aromatic nitrogens is 2. The fourth-order valence-electron chi connectivity index (χ4n) is 4.41. The lowest BCUT2D eigenvalue weighted by molar-refractivity contribution is -0.400. The van der Waals surface area contributed by atoms with Gasteiger partial charge in [-0.1, -0.05) is 48.5 Å². The van der Waals surface area contributed by atoms with Gasteiger partial charge in [-0.3, -0.25) is 9.48 Å². The van der Waals surface area contributed by atoms with Crippen molar-refractivity contribution in [2.45, 2.75) is 6.92 Å². The van der Waals surface area contributed by atoms with E-state index in [-0.39, 0.29) is 5.56 Å². The molecule has 2 heterocycles. The number of hydrogen-bond acceptors (Lipinski definition) is 1. The highest BCUT2D eigenvalue weighted by Crippen LogP contribution is 2.37. The second-order valence-electron chi connectivity index (χ2n) is 7.82. The second kappa shape index (κ2) is 7.40. The van der Waals surface area contributed by atoms with Crippen LogP contribution in [0.3, 0.4) is 0 Å². The molecular formula is C27H24N3O+. The lowest BCUT2D eigenvalue weighted by Gasteiger charge is -2.07. The van der Waals surface area contributed by atoms with E-state index in [1.807, 2.05) is 67.2 Å². The summed E-state index contributed by atoms with van der Waals surface area (Å²) < 4.78 is 5.87. The molecule has 1 aliphatic rings. The molecule has 1 aliphatic heterocycles. The minimum absolute atomic E-state index is 0.0156. The molecular weight excluding hydrogens is 382 g/mol. The summed E-state index contributed by atoms with van der Waals surface area (Å²) in [6.45, 7) is 2.00. The van der Waals surface area contributed by atoms with Crippen molar-refractivity contribution in [3.05, 3.63) is 118 Å². The third-order valence-electron chi connectivity index (χ3n) is 6.08. The van der Waals surface area contributed by atoms with Crippen LogP contribution < -0.4 is 5.56 Å². The predicted molar refractivity (Wildman–Crippen MR) is 126 cm³/mol. The molecule has 4 heteroatoms. The molecule has 0 amide bonds. The van der Waals surface area contributed by atoms with E-state index >= 15 is 0 Å². The largest absolute Gasteiger partial charge is 0.285 e. The normalized spacial score (nSPS) is 14.4. The SMILES string of the molecule is Cc1c(/C=C2/C(c3ccccc3)=[N+](C)c3ccccc32)c(=O)n(-c2ccccc2)n1C. The Kier molecular flexibility index (Phi) is 4.55. The van der Waals surface area contributed by atoms with Gasteiger partial charge in [-0.05, 0) is 43.3 Å². The summed E-state index contributed by atoms with van der Waals surface area (Å²) in [5.41, 5.74) is 8.07. The molecule has 0 N–H and O–H groups in total. The third kappa shape index (κ3) is 2.99. The van der Waals surface area contributed by atoms with Crippen LogP contribution in [0, 0.1) is 6.92 Å². The number of allylic oxidation sites excluding steroid dienone is 1. The fraction of sp³-hybridized carbons (Fsp3) is 0.111. The van der Waals surface area contributed by atoms with Crippen LogP contribution in [0.4, 0.5) is 5.69 Å². The van der Waals surface area contributed by atoms with E-state index in [1.165, 1.54) is 0 Å². The smallest absolute Gasteiger partial charge is 0.278 e. The first-order valence-corrected chi connectivity index (χ1v) is 10.4. The first-order valence-electron chi connectivity index (χ1n) is 10.4. The zero-order valence-corrected chi connectivity index (χ0v) is 17.9. The maximum atomic E-state index is 13.5. The highest BCUT2D eigenvalue weighted by Gasteiger charge is 2.33. The lowest BCUT2D eigenvalue weighted by Crippen LogP contribution is -2.20. The molecule has 0 unspecified atom stereocenters. The van der Waals surface area contributed by atoms with Gasteiger partial charge in [0.2, 0.25) is 11.4 Å². The topological polar surface area (TPSA) is 29.9 Å². The maximum absolute atomic E-state index is 13.5. The molecule has 3 aromatic carbocycles. The van der Waals surface area contributed by atoms with Crippen molar-refractivity contribution in [1.29, 1.82) is 0 Å². The molecule has 0 saturated heterocycles. The van der Waals surface area contributed by atoms with E-state index in [0.717, 1.165) is 39.5 Å². The van der Waals surface area contributed by atoms with Crippen LogP contribution in [0.25, 0.3) is 17.3 Å². The fourth-order valence-corrected chi connectivity index (χ4v) is 4.41. The summed E-state index contributed by atoms with van der Waals surface area (Å²) in [4.78, 5) is 13.5. The number of benzene rings is 3. The van der Waals surface area contributed by atoms with Crippen LogP contribution in [0.15, 0.2) is 89.7 Å². The van der Waals surface area contributed by atoms with Gasteiger partial charge in [-0.15, -0.1) is 0 Å². The van der Waals surface area contributed by atoms with Gasteiger partial charge >= 0.3 is 0 Å². The standard InChI is InChI=1S/C27H24N3O/c1-19-23(27(31)30(29(19)3)21-14-8-5-9-15-21)18-24-22-16-10-11-17-25(22)28(2)26(24)20-12-6-4-7-13-20/h4-18H,1-3H3/q+1. The van der Waals surface area contributed by atoms with E-state index in [9.17, 15) is 4.79 Å². The van der Waals surface area contributed by atoms with Crippen molar-refractivity contribution in [3.63, 3.8) is 0 Å². The van der Waals surface area contributed by atoms with Crippen LogP contribution in [0.1, 0.15) is 22.4 Å². The summed E-state index contributed by atoms with van der Waals surface area (Å²) in [5, 5.41) is 0. The van der Waals surface area contributed by atoms with Gasteiger partial charge in [-0.25, -0.2) is 4.68 Å². The molecule has 1 aromatic heterocycles. The Hall–Kier alpha value is -3.92. The van der Waals surface area contributed by atoms with Crippen molar-refractivity contribution in [2.75, 3.05) is 7.05 Å². The summed E-state index contributed by atoms with van der Waals surface area (Å²) in [6.07, 6.45) is 2.06. The van der Waals surface area contributed by atoms with E-state index in [4.69, 9.17) is 0 Å². The van der Waals surface area contributed by atoms with E-state index in [2.05, 4.69) is 54.1 Å². The van der Waals surface area contributed by atoms with Crippen LogP contribution in [0.2, 0.25) is 0 Å². The molecule has 0 aliphatic carbocycles. The summed E-state index contributed by atoms with van der Waals surface area (Å²) in [5.74, 6) is 0. The number of fused-ring (bicyclic) bond motifs is 1. The monoisotopic (exact) mass is 406 g/mol. The van der Waals surface area contributed by atoms with Crippen molar-refractivity contribution in [1.82, 2.24) is 9.36 Å². The van der Waals surface area contributed by atoms with Gasteiger partial charge in [0.25, 0.3) is 5.56 Å². The third-order valence-corrected chi connectivity index (χ3v) is 6.08. The van der Waals surface area contributed by atoms with Gasteiger partial charge in [0.1, 0.15) is 7.05 Å². The lowest BCUT2D eigenvalue weighted by atomic mass is 9.96. The molecule has 5 rings (SSSR count). The maximum Gasteiger partial charge on any atom is 0.278 e. The summed E-state index contributed by atoms with van der Waals surface area (Å²) >= 11 is 0. The van der Waals surface area contributed by atoms with Crippen LogP contribution in [-0.4, -0.2) is 26.7 Å². The van der Waals surface area contributed by atoms with Crippen molar-refractivity contribution in [2.24, 2.45) is 7.05 Å². The molecule has 0 radical (unpaired) electrons. The molecule has 0 spiro atoms. The van der Waals surface area contributed by atoms with Gasteiger partial charge < -0.3 is 0 Å². The molecule has 0 saturated carbocycles. The number of hydrogen-bond donors (Lipinski definition) is 0. The first kappa shape index (κ1) is 19.1. The highest BCUT2D eigenvalue weighted by atomic mass is 16.1. The molecule has 152 valence electrons. The van der Waals surface area contributed by atoms with E-state index in [0.29, 0.717) is 5.56 Å². The Morgan fingerprint density at radius 3 is 2.16 bits per heavy atom. The zero-order chi connectivity index (χ0) is 21.5. The number of rotatable bonds is 3. The Morgan fingerprint density at radius 1 is 0.839 bits per heavy atom. The summed E-state index contributed by atoms with van der Waals surface area (Å²) in [7, 11) is 4.02. The molecule has 4 aromatic rings. The van der Waals surface area contributed by atoms with Gasteiger partial charge in [0, 0.05) is 24.4 Å². The van der Waals surface area contributed by atoms with Gasteiger partial charge in [-0.2, -0.15) is 4.58 Å². The number of para-hydroxylation sites is 2. The highest BCUT2D eigenvalue weighted by molar-refractivity contribution is 6.35. The van der Waals surface area contributed by atoms with Crippen molar-refractivity contribution < 1.29 is 4.58 Å². The molecule has 4 nitrogen and oxygen atoms in total. The van der Waals surface area contributed by atoms with Gasteiger partial charge in [0.05, 0.1) is 22.4 Å². The Morgan fingerprint density at radius 2 is 1.45 bits per heavy atom. The average Bonchev–Trinajstić information content (AvgIpc) is 3.20. The van der Waals surface area contributed by atoms with Crippen LogP contribution in [0.5, 0.6) is 0 Å². The quantitative estimate of drug-likeness (QED) is 0.450. The molecule has 0 bridgehead atoms. The minimum atomic E-state index is -0.0156. The Labute approximate surface area is 181 Å². The zero-order valence-electron chi connectivity index (χ0n) is 17.9. The molecule has 0 fully saturated rings. The second-order valence-corrected chi connectivity index (χ2v) is 7.82. The summed E-state index contributed by atoms with van der Waals surface area (Å²) in [6, 6.07) is 28.5. The van der Waals surface area contributed by atoms with Crippen LogP contribution in [-0.2, 0) is 7.05 Å². The van der Waals surface area contributed by atoms with E-state index in [1.54, 1.807) is 4.68 Å². The van der Waals surface area contributed by atoms with Gasteiger partial charge in [0.15, 0.2) is 0 Å². The van der Waals surface area contributed by atoms with Crippen LogP contribution >= 0.6 is 0 Å². The molecule has 0 atom stereocenters. The number of nitrogens with zero attached hydrogens (tertiary/aromatic N) is 3. The minimum Gasteiger partial charge on any atom is -0.285 e. The van der Waals surface area contributed by atoms with E-state index < -0.39 is 0 Å². The average molecular weight is 407 g/mol. The molecule has 31 heavy (non-hydrogen) atoms. The van der Waals surface area contributed by atoms with Crippen molar-refractivity contribution in [3.8, 4) is 5.69 Å². The van der Waals surface area contributed by atoms with Crippen molar-refractivity contribution >= 4 is 23.0 Å². The first-order chi connectivity index (χ1) is 15.1. The Balaban J connectivity index is 1.77.